The van der Waals surface area contributed by atoms with Gasteiger partial charge in [0.2, 0.25) is 17.5 Å². The van der Waals surface area contributed by atoms with Gasteiger partial charge in [0.1, 0.15) is 5.75 Å². The molecule has 1 N–H and O–H groups in total. The summed E-state index contributed by atoms with van der Waals surface area (Å²) < 4.78 is 6.94. The van der Waals surface area contributed by atoms with Crippen molar-refractivity contribution < 1.29 is 14.3 Å². The highest BCUT2D eigenvalue weighted by Gasteiger charge is 2.27. The first-order chi connectivity index (χ1) is 15.1. The smallest absolute Gasteiger partial charge is 0.286 e. The minimum Gasteiger partial charge on any atom is -0.494 e. The molecule has 0 aliphatic carbocycles. The fourth-order valence-electron chi connectivity index (χ4n) is 3.88. The third-order valence-electron chi connectivity index (χ3n) is 5.45. The highest BCUT2D eigenvalue weighted by atomic mass is 16.5. The molecule has 0 unspecified atom stereocenters. The Morgan fingerprint density at radius 2 is 1.94 bits per heavy atom. The molecular formula is C21H26N6O4. The number of carbonyl (C=O) groups excluding carboxylic acids is 2. The molecule has 10 heteroatoms. The van der Waals surface area contributed by atoms with Crippen LogP contribution in [0.5, 0.6) is 5.75 Å². The van der Waals surface area contributed by atoms with Crippen LogP contribution in [0.15, 0.2) is 29.1 Å². The van der Waals surface area contributed by atoms with Crippen LogP contribution in [0.1, 0.15) is 36.7 Å². The number of anilines is 2. The number of hydrogen-bond acceptors (Lipinski definition) is 7. The number of amides is 2. The SMILES string of the molecule is CCOc1ccc(N2CCn3c2nnc(C(=O)NCCCN2CCCC2=O)c3=O)cc1. The molecule has 2 amide bonds. The van der Waals surface area contributed by atoms with Crippen molar-refractivity contribution in [2.24, 2.45) is 0 Å². The lowest BCUT2D eigenvalue weighted by Gasteiger charge is -2.17. The fraction of sp³-hybridized carbons (Fsp3) is 0.476. The van der Waals surface area contributed by atoms with E-state index >= 15 is 0 Å². The van der Waals surface area contributed by atoms with Crippen molar-refractivity contribution in [3.05, 3.63) is 40.3 Å². The summed E-state index contributed by atoms with van der Waals surface area (Å²) in [4.78, 5) is 40.5. The Hall–Kier alpha value is -3.43. The average molecular weight is 426 g/mol. The Morgan fingerprint density at radius 3 is 2.65 bits per heavy atom. The van der Waals surface area contributed by atoms with E-state index in [1.807, 2.05) is 36.1 Å². The van der Waals surface area contributed by atoms with Crippen LogP contribution in [0.2, 0.25) is 0 Å². The molecule has 1 fully saturated rings. The van der Waals surface area contributed by atoms with Gasteiger partial charge in [-0.25, -0.2) is 0 Å². The van der Waals surface area contributed by atoms with E-state index in [1.165, 1.54) is 4.57 Å². The lowest BCUT2D eigenvalue weighted by molar-refractivity contribution is -0.127. The summed E-state index contributed by atoms with van der Waals surface area (Å²) in [7, 11) is 0. The van der Waals surface area contributed by atoms with E-state index in [0.717, 1.165) is 24.4 Å². The molecule has 0 bridgehead atoms. The second kappa shape index (κ2) is 9.15. The predicted molar refractivity (Wildman–Crippen MR) is 114 cm³/mol. The van der Waals surface area contributed by atoms with Gasteiger partial charge in [0.15, 0.2) is 0 Å². The van der Waals surface area contributed by atoms with Crippen molar-refractivity contribution >= 4 is 23.5 Å². The molecule has 0 spiro atoms. The number of aromatic nitrogens is 3. The van der Waals surface area contributed by atoms with Gasteiger partial charge < -0.3 is 19.9 Å². The van der Waals surface area contributed by atoms with Crippen LogP contribution >= 0.6 is 0 Å². The van der Waals surface area contributed by atoms with Crippen molar-refractivity contribution in [2.75, 3.05) is 37.7 Å². The molecule has 1 saturated heterocycles. The van der Waals surface area contributed by atoms with Crippen molar-refractivity contribution in [1.29, 1.82) is 0 Å². The predicted octanol–water partition coefficient (Wildman–Crippen LogP) is 0.931. The zero-order valence-corrected chi connectivity index (χ0v) is 17.5. The molecule has 1 aromatic carbocycles. The third kappa shape index (κ3) is 4.37. The van der Waals surface area contributed by atoms with Gasteiger partial charge in [-0.1, -0.05) is 0 Å². The summed E-state index contributed by atoms with van der Waals surface area (Å²) in [5, 5.41) is 10.8. The topological polar surface area (TPSA) is 110 Å². The highest BCUT2D eigenvalue weighted by molar-refractivity contribution is 5.91. The summed E-state index contributed by atoms with van der Waals surface area (Å²) in [5.41, 5.74) is 0.206. The number of nitrogens with one attached hydrogen (secondary N) is 1. The average Bonchev–Trinajstić information content (AvgIpc) is 3.39. The monoisotopic (exact) mass is 426 g/mol. The van der Waals surface area contributed by atoms with Gasteiger partial charge in [-0.3, -0.25) is 19.0 Å². The number of rotatable bonds is 8. The molecule has 3 heterocycles. The molecule has 164 valence electrons. The first-order valence-corrected chi connectivity index (χ1v) is 10.6. The van der Waals surface area contributed by atoms with Gasteiger partial charge in [0.25, 0.3) is 11.5 Å². The van der Waals surface area contributed by atoms with Gasteiger partial charge in [-0.2, -0.15) is 0 Å². The Kier molecular flexibility index (Phi) is 6.15. The number of benzene rings is 1. The molecule has 1 aromatic heterocycles. The minimum absolute atomic E-state index is 0.158. The highest BCUT2D eigenvalue weighted by Crippen LogP contribution is 2.28. The number of carbonyl (C=O) groups is 2. The van der Waals surface area contributed by atoms with Crippen LogP contribution in [-0.2, 0) is 11.3 Å². The number of ether oxygens (including phenoxy) is 1. The minimum atomic E-state index is -0.542. The lowest BCUT2D eigenvalue weighted by Crippen LogP contribution is -2.36. The van der Waals surface area contributed by atoms with Gasteiger partial charge in [0, 0.05) is 44.8 Å². The molecular weight excluding hydrogens is 400 g/mol. The molecule has 0 atom stereocenters. The maximum atomic E-state index is 12.8. The first kappa shape index (κ1) is 20.8. The molecule has 0 saturated carbocycles. The van der Waals surface area contributed by atoms with Gasteiger partial charge in [0.05, 0.1) is 6.61 Å². The molecule has 31 heavy (non-hydrogen) atoms. The fourth-order valence-corrected chi connectivity index (χ4v) is 3.88. The largest absolute Gasteiger partial charge is 0.494 e. The summed E-state index contributed by atoms with van der Waals surface area (Å²) >= 11 is 0. The normalized spacial score (nSPS) is 15.3. The molecule has 2 aromatic rings. The van der Waals surface area contributed by atoms with E-state index in [4.69, 9.17) is 4.74 Å². The van der Waals surface area contributed by atoms with Crippen molar-refractivity contribution in [2.45, 2.75) is 32.7 Å². The first-order valence-electron chi connectivity index (χ1n) is 10.6. The molecule has 10 nitrogen and oxygen atoms in total. The van der Waals surface area contributed by atoms with Crippen LogP contribution in [0.3, 0.4) is 0 Å². The van der Waals surface area contributed by atoms with E-state index in [0.29, 0.717) is 51.6 Å². The zero-order valence-electron chi connectivity index (χ0n) is 17.5. The number of likely N-dealkylation sites (tertiary alicyclic amines) is 1. The zero-order chi connectivity index (χ0) is 21.8. The van der Waals surface area contributed by atoms with Crippen molar-refractivity contribution in [3.8, 4) is 5.75 Å². The van der Waals surface area contributed by atoms with E-state index in [-0.39, 0.29) is 11.6 Å². The Labute approximate surface area is 179 Å². The van der Waals surface area contributed by atoms with Crippen molar-refractivity contribution in [3.63, 3.8) is 0 Å². The second-order valence-corrected chi connectivity index (χ2v) is 7.48. The Balaban J connectivity index is 1.39. The Bertz CT molecular complexity index is 1020. The maximum absolute atomic E-state index is 12.8. The number of fused-ring (bicyclic) bond motifs is 1. The molecule has 2 aliphatic rings. The van der Waals surface area contributed by atoms with Gasteiger partial charge >= 0.3 is 0 Å². The van der Waals surface area contributed by atoms with E-state index in [9.17, 15) is 14.4 Å². The van der Waals surface area contributed by atoms with E-state index in [2.05, 4.69) is 15.5 Å². The standard InChI is InChI=1S/C21H26N6O4/c1-2-31-16-8-6-15(7-9-16)26-13-14-27-20(30)18(23-24-21(26)27)19(29)22-10-4-12-25-11-3-5-17(25)28/h6-9H,2-5,10-14H2,1H3,(H,22,29). The molecule has 0 radical (unpaired) electrons. The van der Waals surface area contributed by atoms with Crippen LogP contribution < -0.4 is 20.5 Å². The van der Waals surface area contributed by atoms with Gasteiger partial charge in [-0.15, -0.1) is 10.2 Å². The lowest BCUT2D eigenvalue weighted by atomic mass is 10.3. The van der Waals surface area contributed by atoms with Crippen molar-refractivity contribution in [1.82, 2.24) is 25.0 Å². The van der Waals surface area contributed by atoms with Crippen LogP contribution in [-0.4, -0.2) is 64.3 Å². The second-order valence-electron chi connectivity index (χ2n) is 7.48. The van der Waals surface area contributed by atoms with Crippen LogP contribution in [0, 0.1) is 0 Å². The maximum Gasteiger partial charge on any atom is 0.286 e. The summed E-state index contributed by atoms with van der Waals surface area (Å²) in [6.07, 6.45) is 2.12. The molecule has 2 aliphatic heterocycles. The summed E-state index contributed by atoms with van der Waals surface area (Å²) in [5.74, 6) is 0.805. The number of nitrogens with zero attached hydrogens (tertiary/aromatic N) is 5. The summed E-state index contributed by atoms with van der Waals surface area (Å²) in [6, 6.07) is 7.53. The number of hydrogen-bond donors (Lipinski definition) is 1. The Morgan fingerprint density at radius 1 is 1.13 bits per heavy atom. The van der Waals surface area contributed by atoms with Crippen LogP contribution in [0.25, 0.3) is 0 Å². The summed E-state index contributed by atoms with van der Waals surface area (Å²) in [6.45, 7) is 5.24. The van der Waals surface area contributed by atoms with Crippen LogP contribution in [0.4, 0.5) is 11.6 Å². The van der Waals surface area contributed by atoms with E-state index < -0.39 is 11.5 Å². The van der Waals surface area contributed by atoms with E-state index in [1.54, 1.807) is 4.90 Å². The van der Waals surface area contributed by atoms with Gasteiger partial charge in [-0.05, 0) is 44.0 Å². The third-order valence-corrected chi connectivity index (χ3v) is 5.45. The quantitative estimate of drug-likeness (QED) is 0.626. The molecule has 4 rings (SSSR count).